The third-order valence-electron chi connectivity index (χ3n) is 3.22. The summed E-state index contributed by atoms with van der Waals surface area (Å²) in [5.41, 5.74) is 3.46. The van der Waals surface area contributed by atoms with Crippen LogP contribution in [0, 0.1) is 18.3 Å². The third-order valence-corrected chi connectivity index (χ3v) is 4.11. The normalized spacial score (nSPS) is 11.5. The van der Waals surface area contributed by atoms with Crippen molar-refractivity contribution in [3.8, 4) is 11.8 Å². The van der Waals surface area contributed by atoms with Crippen molar-refractivity contribution in [2.75, 3.05) is 11.9 Å². The molecule has 0 aliphatic carbocycles. The molecule has 0 radical (unpaired) electrons. The highest BCUT2D eigenvalue weighted by Crippen LogP contribution is 2.25. The molecule has 0 saturated heterocycles. The largest absolute Gasteiger partial charge is 0.479 e. The molecule has 1 unspecified atom stereocenters. The molecule has 2 aromatic carbocycles. The molecule has 0 bridgehead atoms. The van der Waals surface area contributed by atoms with Crippen molar-refractivity contribution in [1.82, 2.24) is 0 Å². The maximum absolute atomic E-state index is 8.49. The van der Waals surface area contributed by atoms with Gasteiger partial charge in [0.25, 0.3) is 0 Å². The number of aryl methyl sites for hydroxylation is 1. The van der Waals surface area contributed by atoms with Crippen LogP contribution >= 0.6 is 15.9 Å². The Morgan fingerprint density at radius 1 is 1.24 bits per heavy atom. The highest BCUT2D eigenvalue weighted by atomic mass is 79.9. The zero-order valence-corrected chi connectivity index (χ0v) is 13.6. The molecule has 0 aliphatic rings. The Kier molecular flexibility index (Phi) is 5.24. The average molecular weight is 345 g/mol. The number of anilines is 1. The van der Waals surface area contributed by atoms with Gasteiger partial charge in [0.05, 0.1) is 0 Å². The fraction of sp³-hybridized carbons (Fsp3) is 0.235. The minimum Gasteiger partial charge on any atom is -0.479 e. The van der Waals surface area contributed by atoms with Gasteiger partial charge in [-0.2, -0.15) is 5.26 Å². The van der Waals surface area contributed by atoms with Gasteiger partial charge in [0.1, 0.15) is 11.8 Å². The van der Waals surface area contributed by atoms with Crippen molar-refractivity contribution in [2.45, 2.75) is 19.9 Å². The molecule has 4 heteroatoms. The van der Waals surface area contributed by atoms with Crippen LogP contribution < -0.4 is 10.1 Å². The first kappa shape index (κ1) is 15.4. The van der Waals surface area contributed by atoms with Crippen LogP contribution in [0.25, 0.3) is 0 Å². The van der Waals surface area contributed by atoms with Crippen LogP contribution in [-0.4, -0.2) is 6.61 Å². The van der Waals surface area contributed by atoms with Crippen LogP contribution in [0.2, 0.25) is 0 Å². The number of nitrogens with one attached hydrogen (secondary N) is 1. The van der Waals surface area contributed by atoms with Gasteiger partial charge in [-0.05, 0) is 55.3 Å². The molecule has 0 saturated carbocycles. The second-order valence-electron chi connectivity index (χ2n) is 4.85. The van der Waals surface area contributed by atoms with Crippen molar-refractivity contribution in [3.63, 3.8) is 0 Å². The molecule has 1 atom stereocenters. The predicted molar refractivity (Wildman–Crippen MR) is 88.5 cm³/mol. The topological polar surface area (TPSA) is 45.0 Å². The van der Waals surface area contributed by atoms with E-state index >= 15 is 0 Å². The lowest BCUT2D eigenvalue weighted by Crippen LogP contribution is -2.06. The van der Waals surface area contributed by atoms with Crippen molar-refractivity contribution >= 4 is 21.6 Å². The first-order valence-corrected chi connectivity index (χ1v) is 7.52. The molecule has 1 N–H and O–H groups in total. The summed E-state index contributed by atoms with van der Waals surface area (Å²) < 4.78 is 6.36. The van der Waals surface area contributed by atoms with Crippen LogP contribution in [0.1, 0.15) is 24.1 Å². The van der Waals surface area contributed by atoms with E-state index < -0.39 is 0 Å². The van der Waals surface area contributed by atoms with Crippen molar-refractivity contribution in [3.05, 3.63) is 58.1 Å². The zero-order chi connectivity index (χ0) is 15.2. The monoisotopic (exact) mass is 344 g/mol. The zero-order valence-electron chi connectivity index (χ0n) is 12.1. The van der Waals surface area contributed by atoms with E-state index in [9.17, 15) is 0 Å². The molecule has 0 spiro atoms. The fourth-order valence-electron chi connectivity index (χ4n) is 2.04. The maximum atomic E-state index is 8.49. The van der Waals surface area contributed by atoms with E-state index in [2.05, 4.69) is 47.2 Å². The lowest BCUT2D eigenvalue weighted by Gasteiger charge is -2.17. The molecule has 0 heterocycles. The lowest BCUT2D eigenvalue weighted by molar-refractivity contribution is 0.368. The van der Waals surface area contributed by atoms with Gasteiger partial charge in [0, 0.05) is 16.2 Å². The van der Waals surface area contributed by atoms with Gasteiger partial charge < -0.3 is 10.1 Å². The molecular formula is C17H17BrN2O. The van der Waals surface area contributed by atoms with Crippen molar-refractivity contribution in [1.29, 1.82) is 5.26 Å². The molecule has 2 rings (SSSR count). The van der Waals surface area contributed by atoms with E-state index in [1.807, 2.05) is 36.4 Å². The minimum absolute atomic E-state index is 0.0747. The Labute approximate surface area is 133 Å². The first-order valence-electron chi connectivity index (χ1n) is 6.72. The van der Waals surface area contributed by atoms with Gasteiger partial charge in [0.15, 0.2) is 6.61 Å². The Morgan fingerprint density at radius 2 is 1.95 bits per heavy atom. The van der Waals surface area contributed by atoms with Gasteiger partial charge in [-0.3, -0.25) is 0 Å². The molecule has 108 valence electrons. The summed E-state index contributed by atoms with van der Waals surface area (Å²) in [5.74, 6) is 0.715. The highest BCUT2D eigenvalue weighted by Gasteiger charge is 2.06. The second kappa shape index (κ2) is 7.14. The Balaban J connectivity index is 2.04. The molecule has 0 aromatic heterocycles. The van der Waals surface area contributed by atoms with Crippen LogP contribution in [0.5, 0.6) is 5.75 Å². The molecule has 0 amide bonds. The molecule has 0 aliphatic heterocycles. The van der Waals surface area contributed by atoms with Crippen molar-refractivity contribution < 1.29 is 4.74 Å². The van der Waals surface area contributed by atoms with Crippen LogP contribution in [0.15, 0.2) is 46.9 Å². The Bertz CT molecular complexity index is 647. The number of nitrogens with zero attached hydrogens (tertiary/aromatic N) is 1. The summed E-state index contributed by atoms with van der Waals surface area (Å²) in [6.07, 6.45) is 0. The summed E-state index contributed by atoms with van der Waals surface area (Å²) in [6, 6.07) is 16.2. The number of benzene rings is 2. The van der Waals surface area contributed by atoms with Gasteiger partial charge in [-0.1, -0.05) is 28.1 Å². The first-order chi connectivity index (χ1) is 10.1. The van der Waals surface area contributed by atoms with E-state index in [1.165, 1.54) is 11.1 Å². The summed E-state index contributed by atoms with van der Waals surface area (Å²) >= 11 is 3.50. The number of ether oxygens (including phenoxy) is 1. The highest BCUT2D eigenvalue weighted by molar-refractivity contribution is 9.10. The number of rotatable bonds is 5. The van der Waals surface area contributed by atoms with Crippen LogP contribution in [0.4, 0.5) is 5.69 Å². The minimum atomic E-state index is 0.0747. The predicted octanol–water partition coefficient (Wildman–Crippen LogP) is 4.83. The Hall–Kier alpha value is -1.99. The number of halogens is 1. The quantitative estimate of drug-likeness (QED) is 0.844. The second-order valence-corrected chi connectivity index (χ2v) is 5.70. The number of hydrogen-bond donors (Lipinski definition) is 1. The average Bonchev–Trinajstić information content (AvgIpc) is 2.49. The van der Waals surface area contributed by atoms with Crippen molar-refractivity contribution in [2.24, 2.45) is 0 Å². The molecular weight excluding hydrogens is 328 g/mol. The smallest absolute Gasteiger partial charge is 0.174 e. The molecule has 0 fully saturated rings. The van der Waals surface area contributed by atoms with E-state index in [4.69, 9.17) is 10.00 Å². The van der Waals surface area contributed by atoms with E-state index in [1.54, 1.807) is 0 Å². The van der Waals surface area contributed by atoms with Crippen LogP contribution in [-0.2, 0) is 0 Å². The third kappa shape index (κ3) is 4.24. The molecule has 2 aromatic rings. The van der Waals surface area contributed by atoms with Gasteiger partial charge in [0.2, 0.25) is 0 Å². The Morgan fingerprint density at radius 3 is 2.57 bits per heavy atom. The summed E-state index contributed by atoms with van der Waals surface area (Å²) in [6.45, 7) is 4.26. The van der Waals surface area contributed by atoms with Crippen LogP contribution in [0.3, 0.4) is 0 Å². The fourth-order valence-corrected chi connectivity index (χ4v) is 2.28. The SMILES string of the molecule is Cc1cc(NC(C)c2ccc(OCC#N)cc2)ccc1Br. The summed E-state index contributed by atoms with van der Waals surface area (Å²) in [4.78, 5) is 0. The molecule has 3 nitrogen and oxygen atoms in total. The van der Waals surface area contributed by atoms with E-state index in [0.717, 1.165) is 10.2 Å². The van der Waals surface area contributed by atoms with Gasteiger partial charge in [-0.25, -0.2) is 0 Å². The molecule has 21 heavy (non-hydrogen) atoms. The number of nitriles is 1. The van der Waals surface area contributed by atoms with Gasteiger partial charge in [-0.15, -0.1) is 0 Å². The van der Waals surface area contributed by atoms with E-state index in [-0.39, 0.29) is 12.6 Å². The lowest BCUT2D eigenvalue weighted by atomic mass is 10.1. The summed E-state index contributed by atoms with van der Waals surface area (Å²) in [7, 11) is 0. The standard InChI is InChI=1S/C17H17BrN2O/c1-12-11-15(5-8-17(12)18)20-13(2)14-3-6-16(7-4-14)21-10-9-19/h3-8,11,13,20H,10H2,1-2H3. The maximum Gasteiger partial charge on any atom is 0.174 e. The van der Waals surface area contributed by atoms with E-state index in [0.29, 0.717) is 5.75 Å². The summed E-state index contributed by atoms with van der Waals surface area (Å²) in [5, 5.41) is 12.0. The van der Waals surface area contributed by atoms with Gasteiger partial charge >= 0.3 is 0 Å². The number of hydrogen-bond acceptors (Lipinski definition) is 3.